The molecule has 0 aromatic carbocycles. The van der Waals surface area contributed by atoms with Crippen LogP contribution in [0.25, 0.3) is 0 Å². The van der Waals surface area contributed by atoms with Crippen LogP contribution in [0.15, 0.2) is 0 Å². The number of carbonyl (C=O) groups is 4. The summed E-state index contributed by atoms with van der Waals surface area (Å²) in [5.41, 5.74) is 0. The Morgan fingerprint density at radius 2 is 0.567 bits per heavy atom. The van der Waals surface area contributed by atoms with Crippen LogP contribution in [0.1, 0.15) is 357 Å². The Hall–Kier alpha value is -1.94. The lowest BCUT2D eigenvalue weighted by atomic mass is 9.99. The number of aliphatic hydroxyl groups is 1. The van der Waals surface area contributed by atoms with Crippen LogP contribution >= 0.6 is 15.6 Å². The summed E-state index contributed by atoms with van der Waals surface area (Å²) in [6, 6.07) is 0. The van der Waals surface area contributed by atoms with Crippen molar-refractivity contribution in [3.8, 4) is 0 Å². The smallest absolute Gasteiger partial charge is 0.462 e. The predicted molar refractivity (Wildman–Crippen MR) is 363 cm³/mol. The Morgan fingerprint density at radius 3 is 0.844 bits per heavy atom. The molecule has 19 heteroatoms. The minimum absolute atomic E-state index is 0.105. The van der Waals surface area contributed by atoms with Gasteiger partial charge in [-0.1, -0.05) is 305 Å². The number of hydrogen-bond donors (Lipinski definition) is 3. The van der Waals surface area contributed by atoms with Gasteiger partial charge in [-0.05, 0) is 43.4 Å². The maximum Gasteiger partial charge on any atom is 0.472 e. The Morgan fingerprint density at radius 1 is 0.322 bits per heavy atom. The van der Waals surface area contributed by atoms with Crippen molar-refractivity contribution in [1.29, 1.82) is 0 Å². The summed E-state index contributed by atoms with van der Waals surface area (Å²) in [7, 11) is -9.90. The molecule has 534 valence electrons. The van der Waals surface area contributed by atoms with E-state index in [9.17, 15) is 43.2 Å². The molecule has 0 saturated heterocycles. The molecule has 0 radical (unpaired) electrons. The van der Waals surface area contributed by atoms with Crippen LogP contribution in [-0.4, -0.2) is 96.7 Å². The molecule has 0 amide bonds. The molecule has 0 rings (SSSR count). The lowest BCUT2D eigenvalue weighted by Crippen LogP contribution is -2.30. The molecule has 0 aliphatic rings. The van der Waals surface area contributed by atoms with Crippen LogP contribution in [0.4, 0.5) is 0 Å². The van der Waals surface area contributed by atoms with Gasteiger partial charge in [0.15, 0.2) is 12.2 Å². The first-order valence-electron chi connectivity index (χ1n) is 36.9. The second-order valence-electron chi connectivity index (χ2n) is 26.8. The first-order chi connectivity index (χ1) is 43.3. The predicted octanol–water partition coefficient (Wildman–Crippen LogP) is 20.2. The number of phosphoric acid groups is 2. The number of ether oxygens (including phenoxy) is 4. The van der Waals surface area contributed by atoms with Gasteiger partial charge in [0.25, 0.3) is 0 Å². The molecule has 0 fully saturated rings. The van der Waals surface area contributed by atoms with Gasteiger partial charge >= 0.3 is 39.5 Å². The third kappa shape index (κ3) is 63.5. The molecule has 0 bridgehead atoms. The fraction of sp³-hybridized carbons (Fsp3) is 0.944. The molecule has 0 spiro atoms. The molecule has 0 aromatic rings. The third-order valence-electron chi connectivity index (χ3n) is 16.7. The highest BCUT2D eigenvalue weighted by molar-refractivity contribution is 7.47. The van der Waals surface area contributed by atoms with E-state index in [-0.39, 0.29) is 25.7 Å². The number of rotatable bonds is 69. The van der Waals surface area contributed by atoms with Crippen LogP contribution in [0.5, 0.6) is 0 Å². The largest absolute Gasteiger partial charge is 0.472 e. The molecule has 17 nitrogen and oxygen atoms in total. The first kappa shape index (κ1) is 88.1. The van der Waals surface area contributed by atoms with Crippen LogP contribution in [0.2, 0.25) is 0 Å². The highest BCUT2D eigenvalue weighted by Crippen LogP contribution is 2.45. The van der Waals surface area contributed by atoms with E-state index in [0.717, 1.165) is 114 Å². The van der Waals surface area contributed by atoms with Crippen molar-refractivity contribution in [2.24, 2.45) is 17.8 Å². The Balaban J connectivity index is 5.21. The normalized spacial score (nSPS) is 14.5. The lowest BCUT2D eigenvalue weighted by Gasteiger charge is -2.21. The number of aliphatic hydroxyl groups excluding tert-OH is 1. The average molecular weight is 1330 g/mol. The van der Waals surface area contributed by atoms with Crippen molar-refractivity contribution in [1.82, 2.24) is 0 Å². The fourth-order valence-electron chi connectivity index (χ4n) is 10.7. The SMILES string of the molecule is CCCCCCCCCCC(=O)OC[C@H](COP(=O)(O)OC[C@H](O)COP(=O)(O)OC[C@@H](COC(=O)CCCCCCCCCCCC(C)C)OC(=O)CCCCCCCCCCCCCCCCC(C)CC)OC(=O)CCCCCCCCCCCC(C)C. The fourth-order valence-corrected chi connectivity index (χ4v) is 12.3. The van der Waals surface area contributed by atoms with E-state index in [1.54, 1.807) is 0 Å². The van der Waals surface area contributed by atoms with Crippen molar-refractivity contribution in [3.05, 3.63) is 0 Å². The van der Waals surface area contributed by atoms with Gasteiger partial charge < -0.3 is 33.8 Å². The molecule has 3 N–H and O–H groups in total. The van der Waals surface area contributed by atoms with E-state index in [1.165, 1.54) is 161 Å². The maximum absolute atomic E-state index is 13.0. The Kier molecular flexibility index (Phi) is 60.6. The molecule has 0 aromatic heterocycles. The van der Waals surface area contributed by atoms with E-state index in [0.29, 0.717) is 25.7 Å². The quantitative estimate of drug-likeness (QED) is 0.0222. The minimum atomic E-state index is -4.95. The van der Waals surface area contributed by atoms with Crippen molar-refractivity contribution in [2.75, 3.05) is 39.6 Å². The average Bonchev–Trinajstić information content (AvgIpc) is 3.60. The summed E-state index contributed by atoms with van der Waals surface area (Å²) in [4.78, 5) is 72.5. The topological polar surface area (TPSA) is 237 Å². The van der Waals surface area contributed by atoms with Gasteiger partial charge in [0.05, 0.1) is 26.4 Å². The first-order valence-corrected chi connectivity index (χ1v) is 39.9. The third-order valence-corrected chi connectivity index (χ3v) is 18.6. The summed E-state index contributed by atoms with van der Waals surface area (Å²) in [5.74, 6) is 0.198. The van der Waals surface area contributed by atoms with E-state index in [4.69, 9.17) is 37.0 Å². The highest BCUT2D eigenvalue weighted by atomic mass is 31.2. The Labute approximate surface area is 549 Å². The number of carbonyl (C=O) groups excluding carboxylic acids is 4. The second-order valence-corrected chi connectivity index (χ2v) is 29.7. The zero-order chi connectivity index (χ0) is 66.6. The molecule has 0 heterocycles. The molecule has 90 heavy (non-hydrogen) atoms. The summed E-state index contributed by atoms with van der Waals surface area (Å²) >= 11 is 0. The number of hydrogen-bond acceptors (Lipinski definition) is 15. The molecular weight excluding hydrogens is 1190 g/mol. The molecule has 3 unspecified atom stereocenters. The summed E-state index contributed by atoms with van der Waals surface area (Å²) < 4.78 is 68.3. The van der Waals surface area contributed by atoms with E-state index in [2.05, 4.69) is 48.5 Å². The van der Waals surface area contributed by atoms with E-state index in [1.807, 2.05) is 0 Å². The van der Waals surface area contributed by atoms with Gasteiger partial charge in [0.1, 0.15) is 19.3 Å². The van der Waals surface area contributed by atoms with Crippen molar-refractivity contribution in [2.45, 2.75) is 375 Å². The van der Waals surface area contributed by atoms with Gasteiger partial charge in [-0.25, -0.2) is 9.13 Å². The molecular formula is C71H138O17P2. The van der Waals surface area contributed by atoms with Gasteiger partial charge in [0.2, 0.25) is 0 Å². The zero-order valence-corrected chi connectivity index (χ0v) is 60.4. The van der Waals surface area contributed by atoms with Crippen molar-refractivity contribution < 1.29 is 80.2 Å². The molecule has 0 aliphatic heterocycles. The van der Waals surface area contributed by atoms with Crippen LogP contribution in [0, 0.1) is 17.8 Å². The standard InChI is InChI=1S/C71H138O17P2/c1-8-10-11-12-13-31-38-45-52-68(73)81-58-66(88-71(76)55-48-41-34-27-21-23-29-36-43-50-63(5)6)60-85-89(77,78)83-56-65(72)57-84-90(79,80)86-61-67(59-82-69(74)53-46-39-32-26-20-22-28-35-42-49-62(3)4)87-70(75)54-47-40-33-25-19-17-15-14-16-18-24-30-37-44-51-64(7)9-2/h62-67,72H,8-61H2,1-7H3,(H,77,78)(H,79,80)/t64?,65-,66+,67+/m0/s1. The van der Waals surface area contributed by atoms with Gasteiger partial charge in [-0.15, -0.1) is 0 Å². The van der Waals surface area contributed by atoms with E-state index >= 15 is 0 Å². The molecule has 6 atom stereocenters. The summed E-state index contributed by atoms with van der Waals surface area (Å²) in [6.07, 6.45) is 45.8. The summed E-state index contributed by atoms with van der Waals surface area (Å²) in [6.45, 7) is 11.8. The minimum Gasteiger partial charge on any atom is -0.462 e. The molecule has 0 aliphatic carbocycles. The number of esters is 4. The number of unbranched alkanes of at least 4 members (excludes halogenated alkanes) is 36. The second kappa shape index (κ2) is 61.9. The molecule has 0 saturated carbocycles. The van der Waals surface area contributed by atoms with Crippen molar-refractivity contribution >= 4 is 39.5 Å². The van der Waals surface area contributed by atoms with Gasteiger partial charge in [-0.2, -0.15) is 0 Å². The van der Waals surface area contributed by atoms with Crippen LogP contribution < -0.4 is 0 Å². The van der Waals surface area contributed by atoms with Crippen molar-refractivity contribution in [3.63, 3.8) is 0 Å². The van der Waals surface area contributed by atoms with Crippen LogP contribution in [-0.2, 0) is 65.4 Å². The van der Waals surface area contributed by atoms with E-state index < -0.39 is 97.5 Å². The highest BCUT2D eigenvalue weighted by Gasteiger charge is 2.30. The number of phosphoric ester groups is 2. The van der Waals surface area contributed by atoms with Gasteiger partial charge in [-0.3, -0.25) is 37.3 Å². The van der Waals surface area contributed by atoms with Crippen LogP contribution in [0.3, 0.4) is 0 Å². The zero-order valence-electron chi connectivity index (χ0n) is 58.6. The Bertz CT molecular complexity index is 1770. The maximum atomic E-state index is 13.0. The summed E-state index contributed by atoms with van der Waals surface area (Å²) in [5, 5.41) is 10.6. The van der Waals surface area contributed by atoms with Gasteiger partial charge in [0, 0.05) is 25.7 Å². The monoisotopic (exact) mass is 1320 g/mol. The lowest BCUT2D eigenvalue weighted by molar-refractivity contribution is -0.161.